The molecule has 0 aliphatic carbocycles. The Bertz CT molecular complexity index is 1820. The third-order valence-electron chi connectivity index (χ3n) is 11.4. The first kappa shape index (κ1) is 43.8. The lowest BCUT2D eigenvalue weighted by Crippen LogP contribution is -2.65. The number of hydrogen-bond donors (Lipinski definition) is 0. The summed E-state index contributed by atoms with van der Waals surface area (Å²) in [5, 5.41) is -0.442. The highest BCUT2D eigenvalue weighted by molar-refractivity contribution is 6.73. The van der Waals surface area contributed by atoms with Gasteiger partial charge in [0, 0.05) is 17.2 Å². The first-order valence-electron chi connectivity index (χ1n) is 20.8. The van der Waals surface area contributed by atoms with E-state index in [0.29, 0.717) is 33.0 Å². The molecule has 0 aromatic heterocycles. The van der Waals surface area contributed by atoms with E-state index in [1.165, 1.54) is 0 Å². The minimum absolute atomic E-state index is 0.0905. The van der Waals surface area contributed by atoms with Gasteiger partial charge in [0.1, 0.15) is 42.7 Å². The van der Waals surface area contributed by atoms with Gasteiger partial charge >= 0.3 is 8.56 Å². The van der Waals surface area contributed by atoms with E-state index in [9.17, 15) is 0 Å². The fourth-order valence-corrected chi connectivity index (χ4v) is 13.6. The highest BCUT2D eigenvalue weighted by Gasteiger charge is 2.65. The lowest BCUT2D eigenvalue weighted by molar-refractivity contribution is -0.328. The Balaban J connectivity index is 1.17. The number of fused-ring (bicyclic) bond motifs is 1. The molecule has 9 atom stereocenters. The molecular weight excluding hydrogens is 765 g/mol. The average Bonchev–Trinajstić information content (AvgIpc) is 3.59. The van der Waals surface area contributed by atoms with Gasteiger partial charge in [0.2, 0.25) is 0 Å². The Morgan fingerprint density at radius 2 is 0.932 bits per heavy atom. The summed E-state index contributed by atoms with van der Waals surface area (Å²) in [5.41, 5.74) is 4.11. The molecule has 0 unspecified atom stereocenters. The van der Waals surface area contributed by atoms with Crippen LogP contribution in [0.15, 0.2) is 121 Å². The van der Waals surface area contributed by atoms with Crippen LogP contribution < -0.4 is 0 Å². The molecule has 0 radical (unpaired) electrons. The van der Waals surface area contributed by atoms with Crippen LogP contribution in [0.4, 0.5) is 0 Å². The highest BCUT2D eigenvalue weighted by atomic mass is 28.4. The van der Waals surface area contributed by atoms with E-state index in [1.54, 1.807) is 7.11 Å². The van der Waals surface area contributed by atoms with Crippen molar-refractivity contribution in [3.8, 4) is 0 Å². The van der Waals surface area contributed by atoms with E-state index < -0.39 is 57.8 Å². The van der Waals surface area contributed by atoms with Gasteiger partial charge in [-0.25, -0.2) is 0 Å². The molecule has 3 aliphatic heterocycles. The SMILES string of the molecule is CO[C@H]1O[C@H](CO[C@@H]2O[C@H]3CO[Si](C(C)(C)C)(C(C)(C)C)O[C@@H]3[C@H]2OCc2ccccc2)[C@@H](OCc2ccccc2)[C@H](OCc2ccccc2)[C@H]1OCc1ccccc1. The van der Waals surface area contributed by atoms with E-state index in [-0.39, 0.29) is 22.8 Å². The summed E-state index contributed by atoms with van der Waals surface area (Å²) in [7, 11) is -1.25. The number of rotatable bonds is 16. The number of ether oxygens (including phenoxy) is 8. The van der Waals surface area contributed by atoms with Crippen molar-refractivity contribution in [2.75, 3.05) is 20.3 Å². The van der Waals surface area contributed by atoms with Crippen molar-refractivity contribution in [3.63, 3.8) is 0 Å². The van der Waals surface area contributed by atoms with Crippen LogP contribution in [0.1, 0.15) is 63.8 Å². The zero-order valence-electron chi connectivity index (χ0n) is 35.6. The van der Waals surface area contributed by atoms with Crippen molar-refractivity contribution < 1.29 is 46.7 Å². The Morgan fingerprint density at radius 1 is 0.508 bits per heavy atom. The largest absolute Gasteiger partial charge is 0.391 e. The van der Waals surface area contributed by atoms with E-state index in [1.807, 2.05) is 109 Å². The summed E-state index contributed by atoms with van der Waals surface area (Å²) in [6.07, 6.45) is -5.39. The van der Waals surface area contributed by atoms with E-state index in [2.05, 4.69) is 53.7 Å². The predicted molar refractivity (Wildman–Crippen MR) is 226 cm³/mol. The van der Waals surface area contributed by atoms with Crippen LogP contribution in [0.2, 0.25) is 10.1 Å². The van der Waals surface area contributed by atoms with Gasteiger partial charge in [0.25, 0.3) is 0 Å². The van der Waals surface area contributed by atoms with Gasteiger partial charge in [-0.1, -0.05) is 163 Å². The second-order valence-corrected chi connectivity index (χ2v) is 22.5. The minimum atomic E-state index is -2.87. The molecule has 4 aromatic rings. The predicted octanol–water partition coefficient (Wildman–Crippen LogP) is 8.90. The summed E-state index contributed by atoms with van der Waals surface area (Å²) in [6.45, 7) is 15.1. The molecule has 3 fully saturated rings. The maximum absolute atomic E-state index is 7.24. The van der Waals surface area contributed by atoms with E-state index in [0.717, 1.165) is 22.3 Å². The fourth-order valence-electron chi connectivity index (χ4n) is 8.64. The number of benzene rings is 4. The molecule has 7 rings (SSSR count). The average molecular weight is 827 g/mol. The molecule has 318 valence electrons. The summed E-state index contributed by atoms with van der Waals surface area (Å²) in [5.74, 6) is 0. The van der Waals surface area contributed by atoms with Crippen molar-refractivity contribution >= 4 is 8.56 Å². The first-order chi connectivity index (χ1) is 28.5. The second kappa shape index (κ2) is 19.6. The summed E-state index contributed by atoms with van der Waals surface area (Å²) in [4.78, 5) is 0. The van der Waals surface area contributed by atoms with Crippen LogP contribution in [0.25, 0.3) is 0 Å². The molecule has 0 amide bonds. The third kappa shape index (κ3) is 10.4. The summed E-state index contributed by atoms with van der Waals surface area (Å²) < 4.78 is 67.4. The van der Waals surface area contributed by atoms with Crippen molar-refractivity contribution in [2.24, 2.45) is 0 Å². The topological polar surface area (TPSA) is 92.3 Å². The molecule has 4 aromatic carbocycles. The summed E-state index contributed by atoms with van der Waals surface area (Å²) in [6, 6.07) is 40.3. The lowest BCUT2D eigenvalue weighted by Gasteiger charge is -2.53. The maximum Gasteiger partial charge on any atom is 0.349 e. The fraction of sp³-hybridized carbons (Fsp3) is 0.500. The van der Waals surface area contributed by atoms with Crippen LogP contribution >= 0.6 is 0 Å². The Morgan fingerprint density at radius 3 is 1.37 bits per heavy atom. The molecule has 11 heteroatoms. The second-order valence-electron chi connectivity index (χ2n) is 17.7. The van der Waals surface area contributed by atoms with Gasteiger partial charge < -0.3 is 46.7 Å². The summed E-state index contributed by atoms with van der Waals surface area (Å²) >= 11 is 0. The van der Waals surface area contributed by atoms with Crippen molar-refractivity contribution in [3.05, 3.63) is 144 Å². The van der Waals surface area contributed by atoms with E-state index >= 15 is 0 Å². The molecular formula is C48H62O10Si. The number of methoxy groups -OCH3 is 1. The van der Waals surface area contributed by atoms with Gasteiger partial charge in [-0.3, -0.25) is 0 Å². The van der Waals surface area contributed by atoms with Crippen LogP contribution in [0.5, 0.6) is 0 Å². The molecule has 0 bridgehead atoms. The zero-order valence-corrected chi connectivity index (χ0v) is 36.6. The van der Waals surface area contributed by atoms with E-state index in [4.69, 9.17) is 46.7 Å². The normalized spacial score (nSPS) is 28.3. The molecule has 3 saturated heterocycles. The Labute approximate surface area is 351 Å². The zero-order chi connectivity index (χ0) is 41.5. The molecule has 0 spiro atoms. The molecule has 59 heavy (non-hydrogen) atoms. The van der Waals surface area contributed by atoms with Gasteiger partial charge in [0.05, 0.1) is 39.6 Å². The first-order valence-corrected chi connectivity index (χ1v) is 22.7. The third-order valence-corrected chi connectivity index (χ3v) is 16.5. The quantitative estimate of drug-likeness (QED) is 0.102. The van der Waals surface area contributed by atoms with Crippen LogP contribution in [-0.2, 0) is 73.2 Å². The molecule has 3 heterocycles. The van der Waals surface area contributed by atoms with Crippen molar-refractivity contribution in [1.82, 2.24) is 0 Å². The molecule has 0 saturated carbocycles. The standard InChI is InChI=1S/C48H62O10Si/c1-47(2,3)59(48(4,5)6)55-33-39-41(58-59)43(52-30-36-24-16-10-17-25-36)46(57-39)54-32-38-40(50-28-34-20-12-8-13-21-34)42(51-29-35-22-14-9-15-23-35)44(45(49-7)56-38)53-31-37-26-18-11-19-27-37/h8-27,38-46H,28-33H2,1-7H3/t38-,39+,40-,41+,42+,43-,44-,45+,46-/m1/s1. The van der Waals surface area contributed by atoms with Crippen LogP contribution in [0, 0.1) is 0 Å². The monoisotopic (exact) mass is 826 g/mol. The molecule has 0 N–H and O–H groups in total. The smallest absolute Gasteiger partial charge is 0.349 e. The lowest BCUT2D eigenvalue weighted by atomic mass is 9.97. The van der Waals surface area contributed by atoms with Crippen molar-refractivity contribution in [1.29, 1.82) is 0 Å². The molecule has 3 aliphatic rings. The highest BCUT2D eigenvalue weighted by Crippen LogP contribution is 2.55. The van der Waals surface area contributed by atoms with Gasteiger partial charge in [-0.15, -0.1) is 0 Å². The molecule has 10 nitrogen and oxygen atoms in total. The van der Waals surface area contributed by atoms with Gasteiger partial charge in [-0.05, 0) is 22.3 Å². The van der Waals surface area contributed by atoms with Crippen molar-refractivity contribution in [2.45, 2.75) is 133 Å². The van der Waals surface area contributed by atoms with Crippen LogP contribution in [-0.4, -0.2) is 84.2 Å². The minimum Gasteiger partial charge on any atom is -0.391 e. The Hall–Kier alpha value is -3.30. The van der Waals surface area contributed by atoms with Crippen LogP contribution in [0.3, 0.4) is 0 Å². The van der Waals surface area contributed by atoms with Gasteiger partial charge in [-0.2, -0.15) is 0 Å². The number of hydrogen-bond acceptors (Lipinski definition) is 10. The Kier molecular flexibility index (Phi) is 14.5. The maximum atomic E-state index is 7.24. The van der Waals surface area contributed by atoms with Gasteiger partial charge in [0.15, 0.2) is 12.6 Å².